The second-order valence-corrected chi connectivity index (χ2v) is 15.8. The number of benzene rings is 9. The Balaban J connectivity index is 1.13. The average Bonchev–Trinajstić information content (AvgIpc) is 4.02. The summed E-state index contributed by atoms with van der Waals surface area (Å²) in [6.45, 7) is 0. The maximum atomic E-state index is 5.63. The molecule has 0 aliphatic carbocycles. The summed E-state index contributed by atoms with van der Waals surface area (Å²) in [6.07, 6.45) is 0. The fourth-order valence-electron chi connectivity index (χ4n) is 10.3. The molecule has 0 fully saturated rings. The Morgan fingerprint density at radius 3 is 1.73 bits per heavy atom. The Morgan fingerprint density at radius 1 is 0.339 bits per heavy atom. The number of para-hydroxylation sites is 5. The van der Waals surface area contributed by atoms with Crippen LogP contribution in [-0.2, 0) is 0 Å². The van der Waals surface area contributed by atoms with Crippen LogP contribution in [0.3, 0.4) is 0 Å². The van der Waals surface area contributed by atoms with Crippen molar-refractivity contribution in [2.24, 2.45) is 0 Å². The van der Waals surface area contributed by atoms with Crippen LogP contribution in [0.15, 0.2) is 188 Å². The highest BCUT2D eigenvalue weighted by Crippen LogP contribution is 2.47. The quantitative estimate of drug-likeness (QED) is 0.180. The lowest BCUT2D eigenvalue weighted by molar-refractivity contribution is 1.02. The van der Waals surface area contributed by atoms with Gasteiger partial charge in [-0.3, -0.25) is 4.57 Å². The topological polar surface area (TPSA) is 40.0 Å². The lowest BCUT2D eigenvalue weighted by Gasteiger charge is -2.13. The summed E-state index contributed by atoms with van der Waals surface area (Å²) in [5.41, 5.74) is 12.2. The molecule has 0 bridgehead atoms. The van der Waals surface area contributed by atoms with Gasteiger partial charge in [0.25, 0.3) is 0 Å². The van der Waals surface area contributed by atoms with Crippen LogP contribution in [0.5, 0.6) is 0 Å². The van der Waals surface area contributed by atoms with Crippen LogP contribution in [-0.4, -0.2) is 23.5 Å². The van der Waals surface area contributed by atoms with E-state index in [0.29, 0.717) is 5.95 Å². The van der Waals surface area contributed by atoms with E-state index in [-0.39, 0.29) is 0 Å². The lowest BCUT2D eigenvalue weighted by Crippen LogP contribution is -2.04. The largest absolute Gasteiger partial charge is 0.309 e. The highest BCUT2D eigenvalue weighted by Gasteiger charge is 2.26. The zero-order valence-corrected chi connectivity index (χ0v) is 31.6. The third-order valence-electron chi connectivity index (χ3n) is 12.7. The Bertz CT molecular complexity index is 4070. The number of hydrogen-bond acceptors (Lipinski definition) is 2. The van der Waals surface area contributed by atoms with Crippen molar-refractivity contribution in [3.05, 3.63) is 188 Å². The second kappa shape index (κ2) is 11.3. The highest BCUT2D eigenvalue weighted by molar-refractivity contribution is 6.35. The van der Waals surface area contributed by atoms with Crippen LogP contribution < -0.4 is 0 Å². The Labute approximate surface area is 336 Å². The smallest absolute Gasteiger partial charge is 0.235 e. The number of hydrogen-bond donors (Lipinski definition) is 0. The van der Waals surface area contributed by atoms with Gasteiger partial charge in [-0.15, -0.1) is 0 Å². The van der Waals surface area contributed by atoms with Crippen molar-refractivity contribution in [1.82, 2.24) is 23.5 Å². The van der Waals surface area contributed by atoms with Crippen LogP contribution in [0.4, 0.5) is 0 Å². The number of nitrogens with zero attached hydrogens (tertiary/aromatic N) is 5. The number of fused-ring (bicyclic) bond motifs is 15. The zero-order valence-electron chi connectivity index (χ0n) is 31.6. The molecule has 14 aromatic rings. The monoisotopic (exact) mass is 749 g/mol. The molecule has 0 aliphatic rings. The van der Waals surface area contributed by atoms with Gasteiger partial charge in [0.05, 0.1) is 49.8 Å². The van der Waals surface area contributed by atoms with Crippen molar-refractivity contribution in [1.29, 1.82) is 0 Å². The van der Waals surface area contributed by atoms with Gasteiger partial charge < -0.3 is 8.97 Å². The van der Waals surface area contributed by atoms with Crippen molar-refractivity contribution in [2.75, 3.05) is 0 Å². The molecule has 0 saturated carbocycles. The first-order chi connectivity index (χ1) is 29.3. The van der Waals surface area contributed by atoms with Gasteiger partial charge in [0.1, 0.15) is 0 Å². The van der Waals surface area contributed by atoms with Crippen molar-refractivity contribution in [2.45, 2.75) is 0 Å². The predicted octanol–water partition coefficient (Wildman–Crippen LogP) is 13.8. The summed E-state index contributed by atoms with van der Waals surface area (Å²) in [5, 5.41) is 13.2. The van der Waals surface area contributed by atoms with Gasteiger partial charge in [0.2, 0.25) is 5.95 Å². The third-order valence-corrected chi connectivity index (χ3v) is 12.7. The fraction of sp³-hybridized carbons (Fsp3) is 0. The van der Waals surface area contributed by atoms with Crippen molar-refractivity contribution >= 4 is 103 Å². The van der Waals surface area contributed by atoms with E-state index in [1.807, 2.05) is 0 Å². The minimum absolute atomic E-state index is 0.654. The molecule has 0 spiro atoms. The maximum absolute atomic E-state index is 5.63. The highest BCUT2D eigenvalue weighted by atomic mass is 15.2. The third kappa shape index (κ3) is 4.08. The first-order valence-electron chi connectivity index (χ1n) is 20.2. The molecule has 0 aliphatic heterocycles. The van der Waals surface area contributed by atoms with Crippen LogP contribution >= 0.6 is 0 Å². The van der Waals surface area contributed by atoms with Gasteiger partial charge in [-0.2, -0.15) is 0 Å². The molecule has 5 nitrogen and oxygen atoms in total. The van der Waals surface area contributed by atoms with Gasteiger partial charge in [-0.05, 0) is 71.4 Å². The molecule has 0 unspecified atom stereocenters. The van der Waals surface area contributed by atoms with E-state index in [1.165, 1.54) is 75.9 Å². The van der Waals surface area contributed by atoms with E-state index in [4.69, 9.17) is 9.97 Å². The molecule has 5 heteroatoms. The van der Waals surface area contributed by atoms with Gasteiger partial charge in [-0.1, -0.05) is 127 Å². The van der Waals surface area contributed by atoms with E-state index < -0.39 is 0 Å². The SMILES string of the molecule is c1ccc(-n2c3ccccc3c3ccc(-c4nc(-n5c6ccccc6c6cc7c8ccccc8n8c9cc%10ccccc%10cc9c(c65)c78)nc5ccccc45)cc32)cc1. The summed E-state index contributed by atoms with van der Waals surface area (Å²) in [4.78, 5) is 11.1. The summed E-state index contributed by atoms with van der Waals surface area (Å²) in [7, 11) is 0. The molecule has 272 valence electrons. The molecule has 9 aromatic carbocycles. The van der Waals surface area contributed by atoms with Crippen molar-refractivity contribution in [3.63, 3.8) is 0 Å². The fourth-order valence-corrected chi connectivity index (χ4v) is 10.3. The molecule has 0 radical (unpaired) electrons. The summed E-state index contributed by atoms with van der Waals surface area (Å²) in [5.74, 6) is 0.654. The minimum Gasteiger partial charge on any atom is -0.309 e. The second-order valence-electron chi connectivity index (χ2n) is 15.8. The normalized spacial score (nSPS) is 12.4. The van der Waals surface area contributed by atoms with Crippen LogP contribution in [0.25, 0.3) is 126 Å². The average molecular weight is 750 g/mol. The van der Waals surface area contributed by atoms with Crippen LogP contribution in [0.2, 0.25) is 0 Å². The molecular formula is C54H31N5. The van der Waals surface area contributed by atoms with E-state index in [0.717, 1.165) is 44.4 Å². The standard InChI is InChI=1S/C54H31N5/c1-2-16-35(17-3-1)57-45-23-11-7-18-36(45)39-27-26-34(30-48(39)57)51-40-21-6-10-22-44(40)55-54(56-51)59-47-25-13-9-20-38(47)42-31-41-37-19-8-12-24-46(37)58-49-29-33-15-5-4-14-32(33)28-43(49)50(52(41)58)53(42)59/h1-31H. The molecule has 5 heterocycles. The van der Waals surface area contributed by atoms with E-state index in [9.17, 15) is 0 Å². The Hall–Kier alpha value is -8.02. The minimum atomic E-state index is 0.654. The molecular weight excluding hydrogens is 719 g/mol. The molecule has 14 rings (SSSR count). The summed E-state index contributed by atoms with van der Waals surface area (Å²) >= 11 is 0. The Kier molecular flexibility index (Phi) is 5.96. The number of rotatable bonds is 3. The van der Waals surface area contributed by atoms with Crippen LogP contribution in [0, 0.1) is 0 Å². The molecule has 59 heavy (non-hydrogen) atoms. The van der Waals surface area contributed by atoms with E-state index in [2.05, 4.69) is 202 Å². The lowest BCUT2D eigenvalue weighted by atomic mass is 10.0. The van der Waals surface area contributed by atoms with Crippen LogP contribution in [0.1, 0.15) is 0 Å². The molecule has 0 saturated heterocycles. The summed E-state index contributed by atoms with van der Waals surface area (Å²) < 4.78 is 7.19. The van der Waals surface area contributed by atoms with Gasteiger partial charge in [0.15, 0.2) is 0 Å². The first kappa shape index (κ1) is 31.1. The molecule has 0 N–H and O–H groups in total. The van der Waals surface area contributed by atoms with Gasteiger partial charge in [0, 0.05) is 59.7 Å². The maximum Gasteiger partial charge on any atom is 0.235 e. The molecule has 0 amide bonds. The van der Waals surface area contributed by atoms with E-state index in [1.54, 1.807) is 0 Å². The molecule has 0 atom stereocenters. The van der Waals surface area contributed by atoms with Crippen molar-refractivity contribution < 1.29 is 0 Å². The Morgan fingerprint density at radius 2 is 0.932 bits per heavy atom. The predicted molar refractivity (Wildman–Crippen MR) is 246 cm³/mol. The van der Waals surface area contributed by atoms with Gasteiger partial charge in [-0.25, -0.2) is 9.97 Å². The summed E-state index contributed by atoms with van der Waals surface area (Å²) in [6, 6.07) is 68.0. The zero-order chi connectivity index (χ0) is 38.3. The van der Waals surface area contributed by atoms with E-state index >= 15 is 0 Å². The van der Waals surface area contributed by atoms with Crippen molar-refractivity contribution in [3.8, 4) is 22.9 Å². The first-order valence-corrected chi connectivity index (χ1v) is 20.2. The number of aromatic nitrogens is 5. The molecule has 5 aromatic heterocycles. The van der Waals surface area contributed by atoms with Gasteiger partial charge >= 0.3 is 0 Å².